The minimum absolute atomic E-state index is 0.000928. The number of fused-ring (bicyclic) bond motifs is 1. The van der Waals surface area contributed by atoms with Gasteiger partial charge in [-0.15, -0.1) is 0 Å². The number of nitrogens with one attached hydrogen (secondary N) is 1. The van der Waals surface area contributed by atoms with E-state index in [9.17, 15) is 22.0 Å². The van der Waals surface area contributed by atoms with Gasteiger partial charge in [0.1, 0.15) is 33.6 Å². The Hall–Kier alpha value is -4.00. The largest absolute Gasteiger partial charge is 0.480 e. The SMILES string of the molecule is COc1ncc(F)cc1S(=O)(=O)Cc1ccc(F)c(-c2ccc3c(C(N)=O)[nH]nc3c2F)c1F. The van der Waals surface area contributed by atoms with Crippen molar-refractivity contribution in [2.24, 2.45) is 5.73 Å². The number of methoxy groups -OCH3 is 1. The number of carbonyl (C=O) groups excluding carboxylic acids is 1. The van der Waals surface area contributed by atoms with Crippen LogP contribution in [0.1, 0.15) is 16.1 Å². The maximum Gasteiger partial charge on any atom is 0.267 e. The number of rotatable bonds is 6. The van der Waals surface area contributed by atoms with E-state index >= 15 is 8.78 Å². The number of primary amides is 1. The fourth-order valence-electron chi connectivity index (χ4n) is 3.45. The molecule has 8 nitrogen and oxygen atoms in total. The summed E-state index contributed by atoms with van der Waals surface area (Å²) in [5.74, 6) is -7.00. The van der Waals surface area contributed by atoms with E-state index in [2.05, 4.69) is 15.2 Å². The van der Waals surface area contributed by atoms with E-state index in [4.69, 9.17) is 10.5 Å². The second-order valence-corrected chi connectivity index (χ2v) is 9.06. The van der Waals surface area contributed by atoms with Crippen LogP contribution in [0.2, 0.25) is 0 Å². The Morgan fingerprint density at radius 2 is 1.85 bits per heavy atom. The van der Waals surface area contributed by atoms with E-state index in [-0.39, 0.29) is 11.1 Å². The predicted octanol–water partition coefficient (Wildman–Crippen LogP) is 3.26. The zero-order valence-electron chi connectivity index (χ0n) is 17.2. The van der Waals surface area contributed by atoms with Crippen molar-refractivity contribution in [2.45, 2.75) is 10.6 Å². The molecule has 0 aliphatic carbocycles. The molecule has 0 fully saturated rings. The molecule has 0 atom stereocenters. The topological polar surface area (TPSA) is 128 Å². The first-order chi connectivity index (χ1) is 16.0. The lowest BCUT2D eigenvalue weighted by Gasteiger charge is -2.13. The highest BCUT2D eigenvalue weighted by Crippen LogP contribution is 2.35. The van der Waals surface area contributed by atoms with Crippen molar-refractivity contribution in [1.82, 2.24) is 15.2 Å². The highest BCUT2D eigenvalue weighted by molar-refractivity contribution is 7.90. The van der Waals surface area contributed by atoms with Gasteiger partial charge in [-0.2, -0.15) is 5.10 Å². The first-order valence-electron chi connectivity index (χ1n) is 9.41. The summed E-state index contributed by atoms with van der Waals surface area (Å²) in [6.07, 6.45) is 0.742. The number of hydrogen-bond acceptors (Lipinski definition) is 6. The molecule has 4 aromatic rings. The van der Waals surface area contributed by atoms with Crippen molar-refractivity contribution in [3.63, 3.8) is 0 Å². The number of nitrogens with zero attached hydrogens (tertiary/aromatic N) is 2. The fraction of sp³-hybridized carbons (Fsp3) is 0.0952. The molecular weight excluding hydrogens is 480 g/mol. The lowest BCUT2D eigenvalue weighted by atomic mass is 9.99. The van der Waals surface area contributed by atoms with Gasteiger partial charge in [-0.25, -0.2) is 31.0 Å². The molecule has 0 radical (unpaired) electrons. The zero-order valence-corrected chi connectivity index (χ0v) is 18.0. The quantitative estimate of drug-likeness (QED) is 0.396. The highest BCUT2D eigenvalue weighted by Gasteiger charge is 2.27. The number of halogens is 4. The normalized spacial score (nSPS) is 11.7. The number of benzene rings is 2. The molecule has 176 valence electrons. The third-order valence-corrected chi connectivity index (χ3v) is 6.66. The van der Waals surface area contributed by atoms with Gasteiger partial charge in [0.05, 0.1) is 24.6 Å². The monoisotopic (exact) mass is 494 g/mol. The van der Waals surface area contributed by atoms with Crippen LogP contribution in [0.15, 0.2) is 41.4 Å². The van der Waals surface area contributed by atoms with E-state index in [0.717, 1.165) is 31.5 Å². The summed E-state index contributed by atoms with van der Waals surface area (Å²) in [6.45, 7) is 0. The zero-order chi connectivity index (χ0) is 24.8. The van der Waals surface area contributed by atoms with Crippen LogP contribution in [0.3, 0.4) is 0 Å². The van der Waals surface area contributed by atoms with Crippen molar-refractivity contribution in [3.05, 3.63) is 71.1 Å². The third-order valence-electron chi connectivity index (χ3n) is 5.01. The van der Waals surface area contributed by atoms with Gasteiger partial charge in [-0.3, -0.25) is 9.89 Å². The average molecular weight is 494 g/mol. The third kappa shape index (κ3) is 3.83. The number of nitrogens with two attached hydrogens (primary N) is 1. The number of aromatic nitrogens is 3. The van der Waals surface area contributed by atoms with Crippen molar-refractivity contribution < 1.29 is 35.5 Å². The fourth-order valence-corrected chi connectivity index (χ4v) is 4.93. The van der Waals surface area contributed by atoms with Crippen LogP contribution in [-0.2, 0) is 15.6 Å². The number of pyridine rings is 1. The van der Waals surface area contributed by atoms with Crippen molar-refractivity contribution >= 4 is 26.6 Å². The first-order valence-corrected chi connectivity index (χ1v) is 11.1. The summed E-state index contributed by atoms with van der Waals surface area (Å²) in [4.78, 5) is 14.3. The summed E-state index contributed by atoms with van der Waals surface area (Å²) in [7, 11) is -3.30. The van der Waals surface area contributed by atoms with Crippen molar-refractivity contribution in [3.8, 4) is 17.0 Å². The minimum atomic E-state index is -4.42. The number of hydrogen-bond donors (Lipinski definition) is 2. The molecule has 0 saturated carbocycles. The number of ether oxygens (including phenoxy) is 1. The van der Waals surface area contributed by atoms with Gasteiger partial charge in [0, 0.05) is 16.5 Å². The van der Waals surface area contributed by atoms with Crippen molar-refractivity contribution in [2.75, 3.05) is 7.11 Å². The van der Waals surface area contributed by atoms with Crippen LogP contribution >= 0.6 is 0 Å². The molecule has 0 unspecified atom stereocenters. The van der Waals surface area contributed by atoms with Gasteiger partial charge >= 0.3 is 0 Å². The maximum atomic E-state index is 15.3. The molecule has 1 amide bonds. The molecule has 13 heteroatoms. The minimum Gasteiger partial charge on any atom is -0.480 e. The second kappa shape index (κ2) is 8.41. The van der Waals surface area contributed by atoms with Gasteiger partial charge in [0.25, 0.3) is 5.91 Å². The molecule has 0 bridgehead atoms. The van der Waals surface area contributed by atoms with E-state index in [1.807, 2.05) is 0 Å². The molecule has 34 heavy (non-hydrogen) atoms. The Bertz CT molecular complexity index is 1570. The van der Waals surface area contributed by atoms with Gasteiger partial charge in [-0.05, 0) is 18.2 Å². The Balaban J connectivity index is 1.83. The average Bonchev–Trinajstić information content (AvgIpc) is 3.22. The summed E-state index contributed by atoms with van der Waals surface area (Å²) in [5.41, 5.74) is 2.68. The Labute approximate surface area is 189 Å². The number of aromatic amines is 1. The van der Waals surface area contributed by atoms with Crippen LogP contribution in [0.5, 0.6) is 5.88 Å². The van der Waals surface area contributed by atoms with Crippen LogP contribution in [0, 0.1) is 23.3 Å². The molecule has 3 N–H and O–H groups in total. The summed E-state index contributed by atoms with van der Waals surface area (Å²) < 4.78 is 89.2. The Kier molecular flexibility index (Phi) is 5.73. The first kappa shape index (κ1) is 23.2. The van der Waals surface area contributed by atoms with Crippen LogP contribution < -0.4 is 10.5 Å². The Morgan fingerprint density at radius 1 is 1.12 bits per heavy atom. The summed E-state index contributed by atoms with van der Waals surface area (Å²) in [5, 5.41) is 5.89. The molecule has 0 aliphatic heterocycles. The van der Waals surface area contributed by atoms with Gasteiger partial charge in [0.2, 0.25) is 5.88 Å². The number of amides is 1. The number of sulfone groups is 1. The lowest BCUT2D eigenvalue weighted by Crippen LogP contribution is -2.11. The molecule has 2 aromatic heterocycles. The highest BCUT2D eigenvalue weighted by atomic mass is 32.2. The smallest absolute Gasteiger partial charge is 0.267 e. The van der Waals surface area contributed by atoms with E-state index in [1.165, 1.54) is 6.07 Å². The lowest BCUT2D eigenvalue weighted by molar-refractivity contribution is 0.0997. The molecular formula is C21H14F4N4O4S. The van der Waals surface area contributed by atoms with Crippen LogP contribution in [-0.4, -0.2) is 36.6 Å². The second-order valence-electron chi connectivity index (χ2n) is 7.10. The number of H-pyrrole nitrogens is 1. The molecule has 0 spiro atoms. The van der Waals surface area contributed by atoms with Gasteiger partial charge in [0.15, 0.2) is 15.7 Å². The summed E-state index contributed by atoms with van der Waals surface area (Å²) in [6, 6.07) is 4.52. The Morgan fingerprint density at radius 3 is 2.53 bits per heavy atom. The standard InChI is InChI=1S/C21H14F4N4O4S/c1-33-21-14(6-10(22)7-27-21)34(31,32)8-9-2-5-13(23)15(16(9)24)11-3-4-12-18(17(11)25)28-29-19(12)20(26)30/h2-7H,8H2,1H3,(H2,26,30)(H,28,29). The summed E-state index contributed by atoms with van der Waals surface area (Å²) >= 11 is 0. The van der Waals surface area contributed by atoms with Crippen LogP contribution in [0.4, 0.5) is 17.6 Å². The predicted molar refractivity (Wildman–Crippen MR) is 112 cm³/mol. The molecule has 0 aliphatic rings. The van der Waals surface area contributed by atoms with E-state index < -0.39 is 77.7 Å². The van der Waals surface area contributed by atoms with Crippen molar-refractivity contribution in [1.29, 1.82) is 0 Å². The van der Waals surface area contributed by atoms with Crippen LogP contribution in [0.25, 0.3) is 22.0 Å². The number of carbonyl (C=O) groups is 1. The van der Waals surface area contributed by atoms with E-state index in [0.29, 0.717) is 6.07 Å². The molecule has 0 saturated heterocycles. The molecule has 2 aromatic carbocycles. The maximum absolute atomic E-state index is 15.3. The molecule has 4 rings (SSSR count). The van der Waals surface area contributed by atoms with E-state index in [1.54, 1.807) is 0 Å². The molecule has 2 heterocycles. The van der Waals surface area contributed by atoms with Gasteiger partial charge < -0.3 is 10.5 Å². The van der Waals surface area contributed by atoms with Gasteiger partial charge in [-0.1, -0.05) is 12.1 Å².